The second-order valence-electron chi connectivity index (χ2n) is 5.54. The average molecular weight is 319 g/mol. The lowest BCUT2D eigenvalue weighted by Crippen LogP contribution is -2.22. The highest BCUT2D eigenvalue weighted by Gasteiger charge is 2.26. The molecule has 0 aliphatic carbocycles. The number of benzene rings is 2. The molecule has 2 atom stereocenters. The molecular formula is C17H18FNO2S. The summed E-state index contributed by atoms with van der Waals surface area (Å²) in [5, 5.41) is 0. The molecule has 1 fully saturated rings. The molecule has 0 bridgehead atoms. The number of nitrogens with zero attached hydrogens (tertiary/aromatic N) is 1. The Hall–Kier alpha value is -1.72. The van der Waals surface area contributed by atoms with E-state index in [4.69, 9.17) is 4.55 Å². The van der Waals surface area contributed by atoms with E-state index in [0.29, 0.717) is 0 Å². The van der Waals surface area contributed by atoms with Crippen molar-refractivity contribution in [2.24, 2.45) is 0 Å². The summed E-state index contributed by atoms with van der Waals surface area (Å²) < 4.78 is 33.5. The molecule has 5 heteroatoms. The zero-order valence-corrected chi connectivity index (χ0v) is 12.9. The second kappa shape index (κ2) is 6.58. The van der Waals surface area contributed by atoms with Crippen molar-refractivity contribution in [2.45, 2.75) is 24.6 Å². The van der Waals surface area contributed by atoms with Gasteiger partial charge in [0.1, 0.15) is 5.82 Å². The largest absolute Gasteiger partial charge is 0.364 e. The van der Waals surface area contributed by atoms with Crippen LogP contribution < -0.4 is 4.90 Å². The molecular weight excluding hydrogens is 301 g/mol. The van der Waals surface area contributed by atoms with Crippen molar-refractivity contribution in [3.8, 4) is 0 Å². The molecule has 2 aromatic rings. The van der Waals surface area contributed by atoms with Gasteiger partial charge in [0.2, 0.25) is 0 Å². The molecule has 1 saturated heterocycles. The SMILES string of the molecule is O=S(O)Cc1cccc(N2CCCC2c2cccc(F)c2)c1. The minimum absolute atomic E-state index is 0.131. The first kappa shape index (κ1) is 15.2. The van der Waals surface area contributed by atoms with E-state index in [1.807, 2.05) is 30.3 Å². The van der Waals surface area contributed by atoms with Crippen LogP contribution in [-0.4, -0.2) is 15.3 Å². The topological polar surface area (TPSA) is 40.5 Å². The van der Waals surface area contributed by atoms with E-state index in [-0.39, 0.29) is 17.6 Å². The van der Waals surface area contributed by atoms with Crippen LogP contribution in [0.2, 0.25) is 0 Å². The molecule has 0 saturated carbocycles. The molecule has 1 aliphatic rings. The van der Waals surface area contributed by atoms with Crippen molar-refractivity contribution >= 4 is 16.8 Å². The van der Waals surface area contributed by atoms with Gasteiger partial charge in [-0.1, -0.05) is 24.3 Å². The van der Waals surface area contributed by atoms with Crippen LogP contribution in [0.25, 0.3) is 0 Å². The standard InChI is InChI=1S/C17H18FNO2S/c18-15-6-2-5-14(11-15)17-8-3-9-19(17)16-7-1-4-13(10-16)12-22(20)21/h1-2,4-7,10-11,17H,3,8-9,12H2,(H,20,21). The monoisotopic (exact) mass is 319 g/mol. The van der Waals surface area contributed by atoms with Crippen molar-refractivity contribution in [1.29, 1.82) is 0 Å². The van der Waals surface area contributed by atoms with E-state index >= 15 is 0 Å². The maximum absolute atomic E-state index is 13.5. The van der Waals surface area contributed by atoms with E-state index in [9.17, 15) is 8.60 Å². The van der Waals surface area contributed by atoms with Gasteiger partial charge in [-0.2, -0.15) is 0 Å². The molecule has 2 aromatic carbocycles. The Bertz CT molecular complexity index is 692. The zero-order chi connectivity index (χ0) is 15.5. The Kier molecular flexibility index (Phi) is 4.55. The maximum atomic E-state index is 13.5. The molecule has 1 heterocycles. The van der Waals surface area contributed by atoms with Gasteiger partial charge >= 0.3 is 0 Å². The van der Waals surface area contributed by atoms with Gasteiger partial charge in [0.15, 0.2) is 11.1 Å². The number of hydrogen-bond donors (Lipinski definition) is 1. The van der Waals surface area contributed by atoms with Gasteiger partial charge in [-0.15, -0.1) is 0 Å². The van der Waals surface area contributed by atoms with Crippen molar-refractivity contribution in [2.75, 3.05) is 11.4 Å². The Morgan fingerprint density at radius 1 is 1.23 bits per heavy atom. The van der Waals surface area contributed by atoms with Gasteiger partial charge in [-0.05, 0) is 48.2 Å². The molecule has 22 heavy (non-hydrogen) atoms. The Morgan fingerprint density at radius 2 is 2.05 bits per heavy atom. The van der Waals surface area contributed by atoms with Crippen LogP contribution >= 0.6 is 0 Å². The van der Waals surface area contributed by atoms with Gasteiger partial charge < -0.3 is 9.45 Å². The molecule has 1 aliphatic heterocycles. The van der Waals surface area contributed by atoms with Crippen LogP contribution in [0.1, 0.15) is 30.0 Å². The molecule has 116 valence electrons. The molecule has 1 N–H and O–H groups in total. The van der Waals surface area contributed by atoms with Gasteiger partial charge in [-0.25, -0.2) is 8.60 Å². The summed E-state index contributed by atoms with van der Waals surface area (Å²) in [6, 6.07) is 14.6. The average Bonchev–Trinajstić information content (AvgIpc) is 2.96. The first-order valence-corrected chi connectivity index (χ1v) is 8.59. The molecule has 3 nitrogen and oxygen atoms in total. The lowest BCUT2D eigenvalue weighted by Gasteiger charge is -2.27. The van der Waals surface area contributed by atoms with Gasteiger partial charge in [-0.3, -0.25) is 0 Å². The van der Waals surface area contributed by atoms with Crippen LogP contribution in [0.5, 0.6) is 0 Å². The fourth-order valence-electron chi connectivity index (χ4n) is 3.10. The lowest BCUT2D eigenvalue weighted by atomic mass is 10.0. The van der Waals surface area contributed by atoms with Crippen molar-refractivity contribution in [1.82, 2.24) is 0 Å². The summed E-state index contributed by atoms with van der Waals surface area (Å²) in [4.78, 5) is 2.25. The smallest absolute Gasteiger partial charge is 0.157 e. The third kappa shape index (κ3) is 3.36. The van der Waals surface area contributed by atoms with E-state index in [1.165, 1.54) is 6.07 Å². The number of hydrogen-bond acceptors (Lipinski definition) is 2. The minimum Gasteiger partial charge on any atom is -0.364 e. The van der Waals surface area contributed by atoms with Gasteiger partial charge in [0.25, 0.3) is 0 Å². The van der Waals surface area contributed by atoms with Gasteiger partial charge in [0.05, 0.1) is 11.8 Å². The van der Waals surface area contributed by atoms with Crippen LogP contribution in [0, 0.1) is 5.82 Å². The lowest BCUT2D eigenvalue weighted by molar-refractivity contribution is 0.563. The quantitative estimate of drug-likeness (QED) is 0.869. The molecule has 3 rings (SSSR count). The predicted octanol–water partition coefficient (Wildman–Crippen LogP) is 3.89. The molecule has 0 aromatic heterocycles. The van der Waals surface area contributed by atoms with E-state index in [2.05, 4.69) is 4.90 Å². The Labute approximate surface area is 132 Å². The number of anilines is 1. The third-order valence-electron chi connectivity index (χ3n) is 4.02. The summed E-state index contributed by atoms with van der Waals surface area (Å²) in [7, 11) is 0. The summed E-state index contributed by atoms with van der Waals surface area (Å²) >= 11 is -1.84. The Balaban J connectivity index is 1.88. The number of halogens is 1. The van der Waals surface area contributed by atoms with E-state index < -0.39 is 11.1 Å². The fourth-order valence-corrected chi connectivity index (χ4v) is 3.57. The van der Waals surface area contributed by atoms with E-state index in [0.717, 1.165) is 36.2 Å². The van der Waals surface area contributed by atoms with Crippen LogP contribution in [0.4, 0.5) is 10.1 Å². The van der Waals surface area contributed by atoms with Crippen LogP contribution in [-0.2, 0) is 16.8 Å². The van der Waals surface area contributed by atoms with Crippen molar-refractivity contribution < 1.29 is 13.2 Å². The normalized spacial score (nSPS) is 19.4. The summed E-state index contributed by atoms with van der Waals surface area (Å²) in [5.41, 5.74) is 2.84. The minimum atomic E-state index is -1.84. The zero-order valence-electron chi connectivity index (χ0n) is 12.1. The molecule has 0 amide bonds. The molecule has 0 radical (unpaired) electrons. The predicted molar refractivity (Wildman–Crippen MR) is 86.6 cm³/mol. The fraction of sp³-hybridized carbons (Fsp3) is 0.294. The first-order valence-electron chi connectivity index (χ1n) is 7.32. The van der Waals surface area contributed by atoms with E-state index in [1.54, 1.807) is 12.1 Å². The first-order chi connectivity index (χ1) is 10.6. The summed E-state index contributed by atoms with van der Waals surface area (Å²) in [6.45, 7) is 0.910. The highest BCUT2D eigenvalue weighted by Crippen LogP contribution is 2.36. The summed E-state index contributed by atoms with van der Waals surface area (Å²) in [6.07, 6.45) is 2.04. The highest BCUT2D eigenvalue weighted by atomic mass is 32.2. The third-order valence-corrected chi connectivity index (χ3v) is 4.60. The summed E-state index contributed by atoms with van der Waals surface area (Å²) in [5.74, 6) is -0.0828. The number of rotatable bonds is 4. The van der Waals surface area contributed by atoms with Crippen molar-refractivity contribution in [3.63, 3.8) is 0 Å². The van der Waals surface area contributed by atoms with Crippen LogP contribution in [0.3, 0.4) is 0 Å². The maximum Gasteiger partial charge on any atom is 0.157 e. The van der Waals surface area contributed by atoms with Crippen molar-refractivity contribution in [3.05, 3.63) is 65.5 Å². The molecule has 2 unspecified atom stereocenters. The Morgan fingerprint density at radius 3 is 2.82 bits per heavy atom. The van der Waals surface area contributed by atoms with Crippen LogP contribution in [0.15, 0.2) is 48.5 Å². The highest BCUT2D eigenvalue weighted by molar-refractivity contribution is 7.78. The molecule has 0 spiro atoms. The van der Waals surface area contributed by atoms with Gasteiger partial charge in [0, 0.05) is 12.2 Å². The second-order valence-corrected chi connectivity index (χ2v) is 6.47.